The van der Waals surface area contributed by atoms with Crippen LogP contribution in [-0.4, -0.2) is 38.3 Å². The molecule has 0 bridgehead atoms. The van der Waals surface area contributed by atoms with Gasteiger partial charge in [0.2, 0.25) is 0 Å². The summed E-state index contributed by atoms with van der Waals surface area (Å²) < 4.78 is 15.5. The van der Waals surface area contributed by atoms with Crippen molar-refractivity contribution in [3.63, 3.8) is 0 Å². The smallest absolute Gasteiger partial charge is 0.140 e. The fraction of sp³-hybridized carbons (Fsp3) is 0.240. The van der Waals surface area contributed by atoms with Gasteiger partial charge >= 0.3 is 0 Å². The van der Waals surface area contributed by atoms with Gasteiger partial charge in [-0.05, 0) is 50.9 Å². The lowest BCUT2D eigenvalue weighted by molar-refractivity contribution is 0.264. The summed E-state index contributed by atoms with van der Waals surface area (Å²) in [6.45, 7) is 0. The van der Waals surface area contributed by atoms with Crippen LogP contribution >= 0.6 is 11.3 Å². The maximum absolute atomic E-state index is 13.6. The van der Waals surface area contributed by atoms with Gasteiger partial charge in [0.15, 0.2) is 0 Å². The number of rotatable bonds is 3. The summed E-state index contributed by atoms with van der Waals surface area (Å²) >= 11 is 1.77. The standard InChI is InChI=1S/C25H23FN6S/c1-31(2)19-4-3-5-21-23(19)30-25(33-21)18-12-29-24(27)17-10-14(6-7-16(17)18)20-13-28-22-11-15(26)8-9-32(20)22/h6-13,19H,3-5H2,1-2H3,(H2,27,29)/t19-/m0/s1. The second-order valence-electron chi connectivity index (χ2n) is 8.73. The minimum Gasteiger partial charge on any atom is -0.383 e. The van der Waals surface area contributed by atoms with E-state index in [-0.39, 0.29) is 5.82 Å². The predicted octanol–water partition coefficient (Wildman–Crippen LogP) is 5.33. The van der Waals surface area contributed by atoms with Crippen molar-refractivity contribution in [1.82, 2.24) is 24.3 Å². The number of anilines is 1. The van der Waals surface area contributed by atoms with Crippen molar-refractivity contribution in [2.24, 2.45) is 0 Å². The second kappa shape index (κ2) is 7.60. The van der Waals surface area contributed by atoms with E-state index in [1.165, 1.54) is 29.1 Å². The number of nitrogen functional groups attached to an aromatic ring is 1. The van der Waals surface area contributed by atoms with Gasteiger partial charge in [0.05, 0.1) is 23.6 Å². The molecule has 4 aromatic heterocycles. The van der Waals surface area contributed by atoms with Crippen LogP contribution in [0.25, 0.3) is 38.2 Å². The fourth-order valence-electron chi connectivity index (χ4n) is 4.78. The van der Waals surface area contributed by atoms with Crippen molar-refractivity contribution in [1.29, 1.82) is 0 Å². The van der Waals surface area contributed by atoms with E-state index < -0.39 is 0 Å². The van der Waals surface area contributed by atoms with E-state index in [1.807, 2.05) is 22.7 Å². The highest BCUT2D eigenvalue weighted by atomic mass is 32.1. The summed E-state index contributed by atoms with van der Waals surface area (Å²) in [5, 5.41) is 2.89. The quantitative estimate of drug-likeness (QED) is 0.395. The van der Waals surface area contributed by atoms with Crippen LogP contribution in [0.5, 0.6) is 0 Å². The van der Waals surface area contributed by atoms with Crippen LogP contribution in [-0.2, 0) is 6.42 Å². The number of pyridine rings is 2. The Kier molecular flexibility index (Phi) is 4.67. The summed E-state index contributed by atoms with van der Waals surface area (Å²) in [5.74, 6) is 0.168. The van der Waals surface area contributed by atoms with E-state index in [1.54, 1.807) is 23.7 Å². The van der Waals surface area contributed by atoms with E-state index >= 15 is 0 Å². The summed E-state index contributed by atoms with van der Waals surface area (Å²) in [6, 6.07) is 9.36. The Morgan fingerprint density at radius 3 is 2.85 bits per heavy atom. The number of fused-ring (bicyclic) bond motifs is 3. The third-order valence-corrected chi connectivity index (χ3v) is 7.63. The normalized spacial score (nSPS) is 16.1. The topological polar surface area (TPSA) is 72.3 Å². The molecule has 6 nitrogen and oxygen atoms in total. The molecule has 4 heterocycles. The van der Waals surface area contributed by atoms with Gasteiger partial charge < -0.3 is 10.6 Å². The lowest BCUT2D eigenvalue weighted by atomic mass is 9.97. The summed E-state index contributed by atoms with van der Waals surface area (Å²) in [5.41, 5.74) is 10.9. The third-order valence-electron chi connectivity index (χ3n) is 6.47. The highest BCUT2D eigenvalue weighted by Gasteiger charge is 2.27. The molecule has 0 fully saturated rings. The van der Waals surface area contributed by atoms with E-state index in [0.29, 0.717) is 17.5 Å². The maximum Gasteiger partial charge on any atom is 0.140 e. The molecule has 0 saturated carbocycles. The first-order chi connectivity index (χ1) is 16.0. The zero-order chi connectivity index (χ0) is 22.7. The number of nitrogens with two attached hydrogens (primary N) is 1. The first-order valence-corrected chi connectivity index (χ1v) is 11.8. The van der Waals surface area contributed by atoms with Crippen LogP contribution in [0.2, 0.25) is 0 Å². The molecular formula is C25H23FN6S. The Morgan fingerprint density at radius 2 is 2.00 bits per heavy atom. The van der Waals surface area contributed by atoms with Gasteiger partial charge in [0.25, 0.3) is 0 Å². The van der Waals surface area contributed by atoms with Crippen LogP contribution in [0.1, 0.15) is 29.5 Å². The molecule has 0 amide bonds. The number of halogens is 1. The van der Waals surface area contributed by atoms with Gasteiger partial charge in [-0.1, -0.05) is 12.1 Å². The lowest BCUT2D eigenvalue weighted by Crippen LogP contribution is -2.23. The van der Waals surface area contributed by atoms with E-state index in [4.69, 9.17) is 10.7 Å². The number of imidazole rings is 1. The number of hydrogen-bond acceptors (Lipinski definition) is 6. The molecule has 166 valence electrons. The molecule has 5 aromatic rings. The van der Waals surface area contributed by atoms with E-state index in [2.05, 4.69) is 35.0 Å². The van der Waals surface area contributed by atoms with Gasteiger partial charge in [-0.3, -0.25) is 4.40 Å². The van der Waals surface area contributed by atoms with Crippen molar-refractivity contribution < 1.29 is 4.39 Å². The average Bonchev–Trinajstić information content (AvgIpc) is 3.42. The van der Waals surface area contributed by atoms with Crippen LogP contribution in [0, 0.1) is 5.82 Å². The number of aryl methyl sites for hydroxylation is 1. The molecule has 0 saturated heterocycles. The van der Waals surface area contributed by atoms with Gasteiger partial charge in [0.1, 0.15) is 22.3 Å². The molecule has 33 heavy (non-hydrogen) atoms. The number of thiazole rings is 1. The van der Waals surface area contributed by atoms with Gasteiger partial charge in [-0.25, -0.2) is 19.3 Å². The number of nitrogens with zero attached hydrogens (tertiary/aromatic N) is 5. The average molecular weight is 459 g/mol. The molecule has 0 aliphatic heterocycles. The van der Waals surface area contributed by atoms with Crippen molar-refractivity contribution in [2.75, 3.05) is 19.8 Å². The summed E-state index contributed by atoms with van der Waals surface area (Å²) in [7, 11) is 4.24. The van der Waals surface area contributed by atoms with Crippen molar-refractivity contribution in [3.8, 4) is 21.8 Å². The Balaban J connectivity index is 1.48. The Labute approximate surface area is 194 Å². The van der Waals surface area contributed by atoms with Crippen molar-refractivity contribution in [2.45, 2.75) is 25.3 Å². The van der Waals surface area contributed by atoms with E-state index in [0.717, 1.165) is 45.4 Å². The Hall–Kier alpha value is -3.36. The van der Waals surface area contributed by atoms with Gasteiger partial charge in [-0.15, -0.1) is 11.3 Å². The molecule has 0 radical (unpaired) electrons. The molecule has 6 rings (SSSR count). The third kappa shape index (κ3) is 3.29. The number of hydrogen-bond donors (Lipinski definition) is 1. The zero-order valence-electron chi connectivity index (χ0n) is 18.4. The van der Waals surface area contributed by atoms with Crippen LogP contribution in [0.4, 0.5) is 10.2 Å². The molecule has 0 unspecified atom stereocenters. The molecule has 1 atom stereocenters. The SMILES string of the molecule is CN(C)[C@H]1CCCc2sc(-c3cnc(N)c4cc(-c5cnc6cc(F)ccn56)ccc34)nc21. The van der Waals surface area contributed by atoms with E-state index in [9.17, 15) is 4.39 Å². The van der Waals surface area contributed by atoms with Crippen molar-refractivity contribution in [3.05, 3.63) is 65.3 Å². The minimum absolute atomic E-state index is 0.307. The van der Waals surface area contributed by atoms with Gasteiger partial charge in [-0.2, -0.15) is 0 Å². The molecule has 0 spiro atoms. The largest absolute Gasteiger partial charge is 0.383 e. The molecule has 1 aromatic carbocycles. The fourth-order valence-corrected chi connectivity index (χ4v) is 5.96. The van der Waals surface area contributed by atoms with Crippen LogP contribution in [0.15, 0.2) is 48.9 Å². The monoisotopic (exact) mass is 458 g/mol. The molecule has 2 N–H and O–H groups in total. The summed E-state index contributed by atoms with van der Waals surface area (Å²) in [4.78, 5) is 17.5. The Morgan fingerprint density at radius 1 is 1.12 bits per heavy atom. The minimum atomic E-state index is -0.307. The number of aromatic nitrogens is 4. The molecule has 8 heteroatoms. The first-order valence-electron chi connectivity index (χ1n) is 11.0. The Bertz CT molecular complexity index is 1520. The first kappa shape index (κ1) is 20.3. The van der Waals surface area contributed by atoms with Crippen molar-refractivity contribution >= 4 is 33.6 Å². The molecule has 1 aliphatic rings. The predicted molar refractivity (Wildman–Crippen MR) is 131 cm³/mol. The zero-order valence-corrected chi connectivity index (χ0v) is 19.2. The van der Waals surface area contributed by atoms with Crippen LogP contribution in [0.3, 0.4) is 0 Å². The number of benzene rings is 1. The van der Waals surface area contributed by atoms with Crippen LogP contribution < -0.4 is 5.73 Å². The van der Waals surface area contributed by atoms with Gasteiger partial charge in [0, 0.05) is 39.9 Å². The molecule has 1 aliphatic carbocycles. The molecular weight excluding hydrogens is 435 g/mol. The summed E-state index contributed by atoms with van der Waals surface area (Å²) in [6.07, 6.45) is 8.68. The highest BCUT2D eigenvalue weighted by molar-refractivity contribution is 7.15. The highest BCUT2D eigenvalue weighted by Crippen LogP contribution is 2.41. The lowest BCUT2D eigenvalue weighted by Gasteiger charge is -2.27. The maximum atomic E-state index is 13.6. The second-order valence-corrected chi connectivity index (χ2v) is 9.82.